The molecule has 1 fully saturated rings. The minimum absolute atomic E-state index is 0.0396. The lowest BCUT2D eigenvalue weighted by atomic mass is 10.1. The highest BCUT2D eigenvalue weighted by atomic mass is 79.9. The molecule has 2 heterocycles. The first-order valence-electron chi connectivity index (χ1n) is 6.08. The Balaban J connectivity index is 1.93. The molecule has 18 heavy (non-hydrogen) atoms. The molecule has 0 atom stereocenters. The fourth-order valence-corrected chi connectivity index (χ4v) is 2.87. The molecule has 0 radical (unpaired) electrons. The molecule has 0 unspecified atom stereocenters. The molecule has 0 aromatic heterocycles. The first kappa shape index (κ1) is 12.0. The summed E-state index contributed by atoms with van der Waals surface area (Å²) in [5.74, 6) is 0.799. The van der Waals surface area contributed by atoms with Gasteiger partial charge in [-0.3, -0.25) is 4.79 Å². The van der Waals surface area contributed by atoms with E-state index in [0.717, 1.165) is 22.2 Å². The predicted octanol–water partition coefficient (Wildman–Crippen LogP) is 1.86. The van der Waals surface area contributed by atoms with Crippen molar-refractivity contribution in [3.8, 4) is 5.75 Å². The normalized spacial score (nSPS) is 18.4. The molecular formula is C13H14BrNO3. The Morgan fingerprint density at radius 3 is 2.78 bits per heavy atom. The molecule has 2 aliphatic heterocycles. The van der Waals surface area contributed by atoms with Gasteiger partial charge in [-0.15, -0.1) is 0 Å². The van der Waals surface area contributed by atoms with Crippen LogP contribution in [0.4, 0.5) is 0 Å². The lowest BCUT2D eigenvalue weighted by Gasteiger charge is -2.27. The Bertz CT molecular complexity index is 483. The van der Waals surface area contributed by atoms with Gasteiger partial charge in [-0.05, 0) is 17.7 Å². The summed E-state index contributed by atoms with van der Waals surface area (Å²) in [6, 6.07) is 3.88. The summed E-state index contributed by atoms with van der Waals surface area (Å²) in [4.78, 5) is 14.3. The Kier molecular flexibility index (Phi) is 3.26. The maximum atomic E-state index is 12.5. The molecule has 0 spiro atoms. The average molecular weight is 312 g/mol. The summed E-state index contributed by atoms with van der Waals surface area (Å²) in [5, 5.41) is 0. The number of hydrogen-bond donors (Lipinski definition) is 0. The van der Waals surface area contributed by atoms with E-state index in [9.17, 15) is 4.79 Å². The van der Waals surface area contributed by atoms with Crippen molar-refractivity contribution in [2.45, 2.75) is 6.42 Å². The van der Waals surface area contributed by atoms with E-state index in [4.69, 9.17) is 9.47 Å². The lowest BCUT2D eigenvalue weighted by molar-refractivity contribution is 0.0301. The third-order valence-electron chi connectivity index (χ3n) is 3.28. The van der Waals surface area contributed by atoms with Gasteiger partial charge in [-0.1, -0.05) is 15.9 Å². The summed E-state index contributed by atoms with van der Waals surface area (Å²) in [5.41, 5.74) is 1.78. The number of rotatable bonds is 1. The van der Waals surface area contributed by atoms with Crippen LogP contribution in [0.3, 0.4) is 0 Å². The second-order valence-electron chi connectivity index (χ2n) is 4.44. The second-order valence-corrected chi connectivity index (χ2v) is 5.36. The van der Waals surface area contributed by atoms with Gasteiger partial charge < -0.3 is 14.4 Å². The summed E-state index contributed by atoms with van der Waals surface area (Å²) < 4.78 is 11.8. The van der Waals surface area contributed by atoms with Crippen LogP contribution in [-0.2, 0) is 11.2 Å². The molecule has 1 amide bonds. The van der Waals surface area contributed by atoms with Crippen molar-refractivity contribution in [2.75, 3.05) is 32.9 Å². The highest BCUT2D eigenvalue weighted by molar-refractivity contribution is 9.10. The van der Waals surface area contributed by atoms with E-state index in [-0.39, 0.29) is 5.91 Å². The molecule has 0 N–H and O–H groups in total. The van der Waals surface area contributed by atoms with Crippen LogP contribution in [0, 0.1) is 0 Å². The zero-order valence-corrected chi connectivity index (χ0v) is 11.5. The SMILES string of the molecule is O=C(c1cc(Br)cc2c1OCC2)N1CCOCC1. The van der Waals surface area contributed by atoms with Crippen LogP contribution in [-0.4, -0.2) is 43.7 Å². The number of morpholine rings is 1. The monoisotopic (exact) mass is 311 g/mol. The van der Waals surface area contributed by atoms with Crippen molar-refractivity contribution in [2.24, 2.45) is 0 Å². The first-order valence-corrected chi connectivity index (χ1v) is 6.87. The number of nitrogens with zero attached hydrogens (tertiary/aromatic N) is 1. The number of fused-ring (bicyclic) bond motifs is 1. The van der Waals surface area contributed by atoms with Crippen LogP contribution >= 0.6 is 15.9 Å². The highest BCUT2D eigenvalue weighted by Crippen LogP contribution is 2.33. The van der Waals surface area contributed by atoms with Gasteiger partial charge in [-0.25, -0.2) is 0 Å². The molecule has 0 bridgehead atoms. The van der Waals surface area contributed by atoms with Crippen molar-refractivity contribution in [3.05, 3.63) is 27.7 Å². The van der Waals surface area contributed by atoms with Gasteiger partial charge in [-0.2, -0.15) is 0 Å². The minimum atomic E-state index is 0.0396. The smallest absolute Gasteiger partial charge is 0.257 e. The van der Waals surface area contributed by atoms with Gasteiger partial charge >= 0.3 is 0 Å². The zero-order chi connectivity index (χ0) is 12.5. The van der Waals surface area contributed by atoms with Crippen LogP contribution < -0.4 is 4.74 Å². The molecule has 96 valence electrons. The van der Waals surface area contributed by atoms with E-state index in [1.54, 1.807) is 0 Å². The largest absolute Gasteiger partial charge is 0.492 e. The molecule has 3 rings (SSSR count). The molecule has 4 nitrogen and oxygen atoms in total. The summed E-state index contributed by atoms with van der Waals surface area (Å²) in [6.45, 7) is 3.20. The van der Waals surface area contributed by atoms with Gasteiger partial charge in [0.2, 0.25) is 0 Å². The zero-order valence-electron chi connectivity index (χ0n) is 9.95. The molecule has 1 aromatic carbocycles. The predicted molar refractivity (Wildman–Crippen MR) is 70.1 cm³/mol. The van der Waals surface area contributed by atoms with E-state index in [1.165, 1.54) is 0 Å². The third kappa shape index (κ3) is 2.12. The number of carbonyl (C=O) groups excluding carboxylic acids is 1. The van der Waals surface area contributed by atoms with Crippen LogP contribution in [0.25, 0.3) is 0 Å². The average Bonchev–Trinajstić information content (AvgIpc) is 2.86. The Hall–Kier alpha value is -1.07. The Morgan fingerprint density at radius 2 is 2.00 bits per heavy atom. The van der Waals surface area contributed by atoms with E-state index >= 15 is 0 Å². The number of hydrogen-bond acceptors (Lipinski definition) is 3. The van der Waals surface area contributed by atoms with Crippen LogP contribution in [0.5, 0.6) is 5.75 Å². The summed E-state index contributed by atoms with van der Waals surface area (Å²) >= 11 is 3.46. The Morgan fingerprint density at radius 1 is 1.22 bits per heavy atom. The van der Waals surface area contributed by atoms with Gasteiger partial charge in [0, 0.05) is 24.0 Å². The van der Waals surface area contributed by atoms with E-state index < -0.39 is 0 Å². The molecule has 1 saturated heterocycles. The maximum Gasteiger partial charge on any atom is 0.257 e. The number of halogens is 1. The second kappa shape index (κ2) is 4.90. The van der Waals surface area contributed by atoms with Crippen molar-refractivity contribution in [1.29, 1.82) is 0 Å². The number of carbonyl (C=O) groups is 1. The maximum absolute atomic E-state index is 12.5. The molecule has 0 saturated carbocycles. The molecule has 5 heteroatoms. The third-order valence-corrected chi connectivity index (χ3v) is 3.73. The number of benzene rings is 1. The fraction of sp³-hybridized carbons (Fsp3) is 0.462. The fourth-order valence-electron chi connectivity index (χ4n) is 2.36. The lowest BCUT2D eigenvalue weighted by Crippen LogP contribution is -2.40. The van der Waals surface area contributed by atoms with Gasteiger partial charge in [0.1, 0.15) is 5.75 Å². The molecule has 0 aliphatic carbocycles. The number of ether oxygens (including phenoxy) is 2. The topological polar surface area (TPSA) is 38.8 Å². The van der Waals surface area contributed by atoms with Crippen molar-refractivity contribution in [1.82, 2.24) is 4.90 Å². The molecule has 2 aliphatic rings. The van der Waals surface area contributed by atoms with Gasteiger partial charge in [0.05, 0.1) is 25.4 Å². The van der Waals surface area contributed by atoms with Crippen LogP contribution in [0.1, 0.15) is 15.9 Å². The molecular weight excluding hydrogens is 298 g/mol. The van der Waals surface area contributed by atoms with E-state index in [1.807, 2.05) is 17.0 Å². The quantitative estimate of drug-likeness (QED) is 0.794. The van der Waals surface area contributed by atoms with E-state index in [2.05, 4.69) is 15.9 Å². The van der Waals surface area contributed by atoms with Crippen LogP contribution in [0.2, 0.25) is 0 Å². The number of amides is 1. The van der Waals surface area contributed by atoms with Crippen molar-refractivity contribution < 1.29 is 14.3 Å². The standard InChI is InChI=1S/C13H14BrNO3/c14-10-7-9-1-4-18-12(9)11(8-10)13(16)15-2-5-17-6-3-15/h7-8H,1-6H2. The van der Waals surface area contributed by atoms with Crippen molar-refractivity contribution >= 4 is 21.8 Å². The van der Waals surface area contributed by atoms with Gasteiger partial charge in [0.15, 0.2) is 0 Å². The highest BCUT2D eigenvalue weighted by Gasteiger charge is 2.26. The van der Waals surface area contributed by atoms with Gasteiger partial charge in [0.25, 0.3) is 5.91 Å². The van der Waals surface area contributed by atoms with Crippen LogP contribution in [0.15, 0.2) is 16.6 Å². The van der Waals surface area contributed by atoms with Crippen molar-refractivity contribution in [3.63, 3.8) is 0 Å². The summed E-state index contributed by atoms with van der Waals surface area (Å²) in [7, 11) is 0. The van der Waals surface area contributed by atoms with E-state index in [0.29, 0.717) is 38.5 Å². The Labute approximate surface area is 114 Å². The minimum Gasteiger partial charge on any atom is -0.492 e. The molecule has 1 aromatic rings. The first-order chi connectivity index (χ1) is 8.75. The summed E-state index contributed by atoms with van der Waals surface area (Å²) in [6.07, 6.45) is 0.873.